The van der Waals surface area contributed by atoms with Gasteiger partial charge in [-0.15, -0.1) is 11.6 Å². The van der Waals surface area contributed by atoms with Gasteiger partial charge >= 0.3 is 0 Å². The molecule has 0 amide bonds. The van der Waals surface area contributed by atoms with Gasteiger partial charge in [0.1, 0.15) is 11.6 Å². The van der Waals surface area contributed by atoms with Gasteiger partial charge in [0.25, 0.3) is 0 Å². The van der Waals surface area contributed by atoms with Crippen molar-refractivity contribution in [2.75, 3.05) is 0 Å². The Balaban J connectivity index is 1.97. The highest BCUT2D eigenvalue weighted by atomic mass is 127. The van der Waals surface area contributed by atoms with Crippen LogP contribution in [0.3, 0.4) is 0 Å². The SMILES string of the molecule is Cn1cc(CCn2c(CCl)nc3cc(I)c(F)cc32)cn1. The average molecular weight is 419 g/mol. The van der Waals surface area contributed by atoms with Crippen LogP contribution in [0.25, 0.3) is 11.0 Å². The summed E-state index contributed by atoms with van der Waals surface area (Å²) >= 11 is 7.94. The fourth-order valence-electron chi connectivity index (χ4n) is 2.36. The zero-order valence-corrected chi connectivity index (χ0v) is 14.3. The Labute approximate surface area is 140 Å². The molecule has 0 spiro atoms. The van der Waals surface area contributed by atoms with Crippen molar-refractivity contribution in [3.63, 3.8) is 0 Å². The molecule has 4 nitrogen and oxygen atoms in total. The van der Waals surface area contributed by atoms with E-state index in [1.165, 1.54) is 6.07 Å². The third-order valence-electron chi connectivity index (χ3n) is 3.37. The van der Waals surface area contributed by atoms with Crippen molar-refractivity contribution < 1.29 is 4.39 Å². The van der Waals surface area contributed by atoms with Crippen LogP contribution >= 0.6 is 34.2 Å². The second kappa shape index (κ2) is 5.92. The van der Waals surface area contributed by atoms with Crippen LogP contribution < -0.4 is 0 Å². The first-order valence-corrected chi connectivity index (χ1v) is 8.07. The monoisotopic (exact) mass is 418 g/mol. The molecule has 0 radical (unpaired) electrons. The minimum atomic E-state index is -0.230. The molecule has 0 saturated carbocycles. The number of hydrogen-bond donors (Lipinski definition) is 0. The highest BCUT2D eigenvalue weighted by molar-refractivity contribution is 14.1. The van der Waals surface area contributed by atoms with Crippen molar-refractivity contribution in [2.24, 2.45) is 7.05 Å². The molecule has 0 saturated heterocycles. The van der Waals surface area contributed by atoms with Crippen LogP contribution in [-0.2, 0) is 25.9 Å². The van der Waals surface area contributed by atoms with Crippen LogP contribution in [0.15, 0.2) is 24.5 Å². The van der Waals surface area contributed by atoms with Crippen LogP contribution in [0, 0.1) is 9.39 Å². The third-order valence-corrected chi connectivity index (χ3v) is 4.44. The van der Waals surface area contributed by atoms with Gasteiger partial charge in [0.05, 0.1) is 26.7 Å². The predicted octanol–water partition coefficient (Wildman–Crippen LogP) is 3.50. The molecule has 0 unspecified atom stereocenters. The first-order valence-electron chi connectivity index (χ1n) is 6.46. The van der Waals surface area contributed by atoms with Gasteiger partial charge < -0.3 is 4.57 Å². The fraction of sp³-hybridized carbons (Fsp3) is 0.286. The summed E-state index contributed by atoms with van der Waals surface area (Å²) in [5.41, 5.74) is 2.70. The molecular weight excluding hydrogens is 406 g/mol. The number of benzene rings is 1. The number of halogens is 3. The molecule has 3 rings (SSSR count). The lowest BCUT2D eigenvalue weighted by Gasteiger charge is -2.07. The topological polar surface area (TPSA) is 35.6 Å². The highest BCUT2D eigenvalue weighted by Gasteiger charge is 2.13. The van der Waals surface area contributed by atoms with E-state index in [-0.39, 0.29) is 5.82 Å². The molecule has 0 N–H and O–H groups in total. The fourth-order valence-corrected chi connectivity index (χ4v) is 3.02. The zero-order chi connectivity index (χ0) is 15.0. The van der Waals surface area contributed by atoms with Crippen LogP contribution in [0.4, 0.5) is 4.39 Å². The van der Waals surface area contributed by atoms with Crippen molar-refractivity contribution >= 4 is 45.2 Å². The van der Waals surface area contributed by atoms with E-state index < -0.39 is 0 Å². The lowest BCUT2D eigenvalue weighted by atomic mass is 10.2. The number of aromatic nitrogens is 4. The molecular formula is C14H13ClFIN4. The maximum Gasteiger partial charge on any atom is 0.138 e. The molecule has 7 heteroatoms. The molecule has 0 fully saturated rings. The van der Waals surface area contributed by atoms with Gasteiger partial charge in [-0.2, -0.15) is 5.10 Å². The molecule has 0 aliphatic rings. The zero-order valence-electron chi connectivity index (χ0n) is 11.4. The maximum atomic E-state index is 13.8. The Morgan fingerprint density at radius 2 is 2.19 bits per heavy atom. The van der Waals surface area contributed by atoms with Crippen molar-refractivity contribution in [1.82, 2.24) is 19.3 Å². The van der Waals surface area contributed by atoms with E-state index in [1.807, 2.05) is 46.6 Å². The Hall–Kier alpha value is -1.15. The second-order valence-corrected chi connectivity index (χ2v) is 6.27. The number of alkyl halides is 1. The molecule has 0 aliphatic heterocycles. The number of aryl methyl sites for hydroxylation is 3. The van der Waals surface area contributed by atoms with Gasteiger partial charge in [0.2, 0.25) is 0 Å². The molecule has 2 aromatic heterocycles. The van der Waals surface area contributed by atoms with Crippen molar-refractivity contribution in [3.05, 3.63) is 45.3 Å². The molecule has 3 aromatic rings. The van der Waals surface area contributed by atoms with Crippen LogP contribution in [0.1, 0.15) is 11.4 Å². The number of nitrogens with zero attached hydrogens (tertiary/aromatic N) is 4. The molecule has 0 aliphatic carbocycles. The van der Waals surface area contributed by atoms with Crippen LogP contribution in [0.5, 0.6) is 0 Å². The van der Waals surface area contributed by atoms with Crippen molar-refractivity contribution in [1.29, 1.82) is 0 Å². The second-order valence-electron chi connectivity index (χ2n) is 4.84. The summed E-state index contributed by atoms with van der Waals surface area (Å²) in [6.07, 6.45) is 4.61. The Morgan fingerprint density at radius 3 is 2.86 bits per heavy atom. The largest absolute Gasteiger partial charge is 0.327 e. The standard InChI is InChI=1S/C14H13ClFIN4/c1-20-8-9(7-18-20)2-3-21-13-4-10(16)11(17)5-12(13)19-14(21)6-15/h4-5,7-8H,2-3,6H2,1H3. The van der Waals surface area contributed by atoms with E-state index >= 15 is 0 Å². The molecule has 110 valence electrons. The van der Waals surface area contributed by atoms with Gasteiger partial charge in [-0.1, -0.05) is 0 Å². The van der Waals surface area contributed by atoms with Crippen molar-refractivity contribution in [3.8, 4) is 0 Å². The minimum Gasteiger partial charge on any atom is -0.327 e. The molecule has 2 heterocycles. The van der Waals surface area contributed by atoms with E-state index in [1.54, 1.807) is 10.7 Å². The number of imidazole rings is 1. The van der Waals surface area contributed by atoms with Gasteiger partial charge in [0.15, 0.2) is 0 Å². The summed E-state index contributed by atoms with van der Waals surface area (Å²) in [6, 6.07) is 3.28. The first kappa shape index (κ1) is 14.8. The molecule has 21 heavy (non-hydrogen) atoms. The number of rotatable bonds is 4. The van der Waals surface area contributed by atoms with Crippen LogP contribution in [0.2, 0.25) is 0 Å². The van der Waals surface area contributed by atoms with E-state index in [0.717, 1.165) is 28.8 Å². The Bertz CT molecular complexity index is 796. The summed E-state index contributed by atoms with van der Waals surface area (Å²) < 4.78 is 18.1. The van der Waals surface area contributed by atoms with Gasteiger partial charge in [-0.05, 0) is 40.6 Å². The lowest BCUT2D eigenvalue weighted by Crippen LogP contribution is -2.05. The Morgan fingerprint density at radius 1 is 1.38 bits per heavy atom. The molecule has 0 bridgehead atoms. The van der Waals surface area contributed by atoms with Gasteiger partial charge in [-0.3, -0.25) is 4.68 Å². The summed E-state index contributed by atoms with van der Waals surface area (Å²) in [6.45, 7) is 0.699. The van der Waals surface area contributed by atoms with Gasteiger partial charge in [0, 0.05) is 25.9 Å². The summed E-state index contributed by atoms with van der Waals surface area (Å²) in [7, 11) is 1.89. The summed E-state index contributed by atoms with van der Waals surface area (Å²) in [5.74, 6) is 0.837. The molecule has 0 atom stereocenters. The first-order chi connectivity index (χ1) is 10.1. The molecule has 1 aromatic carbocycles. The summed E-state index contributed by atoms with van der Waals surface area (Å²) in [5, 5.41) is 4.15. The van der Waals surface area contributed by atoms with Crippen molar-refractivity contribution in [2.45, 2.75) is 18.8 Å². The summed E-state index contributed by atoms with van der Waals surface area (Å²) in [4.78, 5) is 4.49. The number of fused-ring (bicyclic) bond motifs is 1. The normalized spacial score (nSPS) is 11.4. The minimum absolute atomic E-state index is 0.230. The van der Waals surface area contributed by atoms with Crippen LogP contribution in [-0.4, -0.2) is 19.3 Å². The van der Waals surface area contributed by atoms with E-state index in [2.05, 4.69) is 10.1 Å². The third kappa shape index (κ3) is 2.91. The smallest absolute Gasteiger partial charge is 0.138 e. The highest BCUT2D eigenvalue weighted by Crippen LogP contribution is 2.23. The van der Waals surface area contributed by atoms with E-state index in [9.17, 15) is 4.39 Å². The quantitative estimate of drug-likeness (QED) is 0.480. The van der Waals surface area contributed by atoms with E-state index in [0.29, 0.717) is 16.0 Å². The maximum absolute atomic E-state index is 13.8. The lowest BCUT2D eigenvalue weighted by molar-refractivity contribution is 0.619. The Kier molecular flexibility index (Phi) is 4.17. The predicted molar refractivity (Wildman–Crippen MR) is 88.9 cm³/mol. The van der Waals surface area contributed by atoms with Gasteiger partial charge in [-0.25, -0.2) is 9.37 Å². The average Bonchev–Trinajstić information content (AvgIpc) is 3.01. The number of hydrogen-bond acceptors (Lipinski definition) is 2. The van der Waals surface area contributed by atoms with E-state index in [4.69, 9.17) is 11.6 Å².